The second-order valence-corrected chi connectivity index (χ2v) is 11.2. The Morgan fingerprint density at radius 1 is 1.02 bits per heavy atom. The number of aliphatic hydroxyl groups is 1. The van der Waals surface area contributed by atoms with Crippen LogP contribution >= 0.6 is 0 Å². The molecule has 9 nitrogen and oxygen atoms in total. The standard InChI is InChI=1S/C37H36N6O3/c1-28(45)41-19-22-43(3,23-24-44)21-10-20-42-34-25-31(29-11-6-4-7-12-29)15-17-35(34)46-36(42)18-16-32(26-38)37(33(27-39)40-2)30-13-8-5-9-14-30/h4-9,11-18,25,44H,10,19-24H2,1,3H3/p+1/b32-16+,36-18-,37-33-. The molecule has 0 bridgehead atoms. The van der Waals surface area contributed by atoms with Crippen LogP contribution in [0.25, 0.3) is 21.5 Å². The van der Waals surface area contributed by atoms with E-state index in [0.29, 0.717) is 47.9 Å². The third kappa shape index (κ3) is 8.28. The Hall–Kier alpha value is -5.66. The molecule has 1 aliphatic rings. The van der Waals surface area contributed by atoms with Gasteiger partial charge in [0.2, 0.25) is 11.8 Å². The maximum atomic E-state index is 11.4. The van der Waals surface area contributed by atoms with Crippen LogP contribution in [0.1, 0.15) is 18.9 Å². The predicted octanol–water partition coefficient (Wildman–Crippen LogP) is 5.66. The Bertz CT molecular complexity index is 1740. The minimum Gasteiger partial charge on any atom is -0.439 e. The molecule has 0 saturated heterocycles. The molecule has 232 valence electrons. The van der Waals surface area contributed by atoms with Gasteiger partial charge in [-0.25, -0.2) is 10.1 Å². The number of rotatable bonds is 13. The van der Waals surface area contributed by atoms with Crippen molar-refractivity contribution >= 4 is 17.2 Å². The van der Waals surface area contributed by atoms with Crippen molar-refractivity contribution in [2.45, 2.75) is 13.3 Å². The number of likely N-dealkylation sites (N-methyl/N-ethyl adjacent to an activating group) is 1. The first-order chi connectivity index (χ1) is 22.3. The lowest BCUT2D eigenvalue weighted by atomic mass is 9.96. The van der Waals surface area contributed by atoms with Crippen molar-refractivity contribution in [2.75, 3.05) is 51.3 Å². The number of carbonyl (C=O) groups excluding carboxylic acids is 1. The molecule has 46 heavy (non-hydrogen) atoms. The number of hydrogen-bond donors (Lipinski definition) is 2. The van der Waals surface area contributed by atoms with Crippen molar-refractivity contribution in [1.29, 1.82) is 10.5 Å². The van der Waals surface area contributed by atoms with E-state index in [1.807, 2.05) is 42.5 Å². The second kappa shape index (κ2) is 15.9. The highest BCUT2D eigenvalue weighted by Crippen LogP contribution is 2.42. The zero-order valence-electron chi connectivity index (χ0n) is 26.1. The van der Waals surface area contributed by atoms with Crippen LogP contribution in [0.15, 0.2) is 108 Å². The zero-order valence-corrected chi connectivity index (χ0v) is 26.1. The highest BCUT2D eigenvalue weighted by molar-refractivity contribution is 5.88. The molecule has 1 aliphatic heterocycles. The van der Waals surface area contributed by atoms with Crippen LogP contribution in [0.5, 0.6) is 5.75 Å². The number of ether oxygens (including phenoxy) is 1. The molecule has 9 heteroatoms. The van der Waals surface area contributed by atoms with E-state index in [9.17, 15) is 20.4 Å². The summed E-state index contributed by atoms with van der Waals surface area (Å²) in [5.41, 5.74) is 3.85. The SMILES string of the molecule is [C-]#[N+]\C(C#N)=C(/C(C#N)=C/C=C1\Oc2ccc(-c3ccccc3)cc2N1CCC[N+](C)(CCO)CCNC(C)=O)c1ccccc1. The normalized spacial score (nSPS) is 15.0. The van der Waals surface area contributed by atoms with Gasteiger partial charge in [-0.15, -0.1) is 0 Å². The Labute approximate surface area is 270 Å². The summed E-state index contributed by atoms with van der Waals surface area (Å²) in [6.45, 7) is 12.2. The molecule has 1 unspecified atom stereocenters. The minimum absolute atomic E-state index is 0.0338. The summed E-state index contributed by atoms with van der Waals surface area (Å²) in [4.78, 5) is 16.9. The van der Waals surface area contributed by atoms with Crippen molar-refractivity contribution < 1.29 is 19.1 Å². The van der Waals surface area contributed by atoms with Crippen molar-refractivity contribution in [2.24, 2.45) is 0 Å². The van der Waals surface area contributed by atoms with Gasteiger partial charge in [-0.2, -0.15) is 5.26 Å². The average Bonchev–Trinajstić information content (AvgIpc) is 3.41. The topological polar surface area (TPSA) is 114 Å². The third-order valence-electron chi connectivity index (χ3n) is 7.88. The zero-order chi connectivity index (χ0) is 32.9. The van der Waals surface area contributed by atoms with Crippen LogP contribution < -0.4 is 15.0 Å². The minimum atomic E-state index is -0.169. The van der Waals surface area contributed by atoms with Gasteiger partial charge in [0.15, 0.2) is 5.75 Å². The number of benzene rings is 3. The first-order valence-corrected chi connectivity index (χ1v) is 15.1. The van der Waals surface area contributed by atoms with Gasteiger partial charge in [0, 0.05) is 31.5 Å². The van der Waals surface area contributed by atoms with E-state index < -0.39 is 0 Å². The van der Waals surface area contributed by atoms with Gasteiger partial charge in [-0.05, 0) is 34.9 Å². The Balaban J connectivity index is 1.70. The lowest BCUT2D eigenvalue weighted by Gasteiger charge is -2.34. The summed E-state index contributed by atoms with van der Waals surface area (Å²) in [5, 5.41) is 32.5. The molecule has 0 fully saturated rings. The smallest absolute Gasteiger partial charge is 0.270 e. The average molecular weight is 614 g/mol. The maximum absolute atomic E-state index is 11.4. The Morgan fingerprint density at radius 3 is 2.37 bits per heavy atom. The van der Waals surface area contributed by atoms with E-state index in [2.05, 4.69) is 46.4 Å². The molecular weight excluding hydrogens is 576 g/mol. The van der Waals surface area contributed by atoms with Crippen molar-refractivity contribution in [1.82, 2.24) is 5.32 Å². The number of allylic oxidation sites excluding steroid dienone is 5. The molecule has 1 heterocycles. The monoisotopic (exact) mass is 613 g/mol. The fourth-order valence-corrected chi connectivity index (χ4v) is 5.45. The number of aliphatic hydroxyl groups excluding tert-OH is 1. The van der Waals surface area contributed by atoms with E-state index >= 15 is 0 Å². The van der Waals surface area contributed by atoms with Gasteiger partial charge in [0.05, 0.1) is 63.3 Å². The molecule has 1 amide bonds. The largest absolute Gasteiger partial charge is 0.439 e. The summed E-state index contributed by atoms with van der Waals surface area (Å²) in [5.74, 6) is 1.10. The quantitative estimate of drug-likeness (QED) is 0.111. The number of anilines is 1. The van der Waals surface area contributed by atoms with Gasteiger partial charge in [-0.3, -0.25) is 4.79 Å². The van der Waals surface area contributed by atoms with Gasteiger partial charge in [0.25, 0.3) is 5.70 Å². The van der Waals surface area contributed by atoms with E-state index in [4.69, 9.17) is 11.3 Å². The summed E-state index contributed by atoms with van der Waals surface area (Å²) in [6, 6.07) is 29.2. The van der Waals surface area contributed by atoms with Crippen LogP contribution in [0.2, 0.25) is 0 Å². The Morgan fingerprint density at radius 2 is 1.74 bits per heavy atom. The van der Waals surface area contributed by atoms with Crippen molar-refractivity contribution in [3.8, 4) is 29.0 Å². The number of fused-ring (bicyclic) bond motifs is 1. The number of nitriles is 2. The number of carbonyl (C=O) groups is 1. The highest BCUT2D eigenvalue weighted by atomic mass is 16.5. The number of amides is 1. The molecule has 4 rings (SSSR count). The summed E-state index contributed by atoms with van der Waals surface area (Å²) >= 11 is 0. The summed E-state index contributed by atoms with van der Waals surface area (Å²) < 4.78 is 6.91. The number of nitrogens with one attached hydrogen (secondary N) is 1. The van der Waals surface area contributed by atoms with Crippen LogP contribution in [-0.2, 0) is 4.79 Å². The second-order valence-electron chi connectivity index (χ2n) is 11.2. The van der Waals surface area contributed by atoms with E-state index in [1.54, 1.807) is 36.4 Å². The van der Waals surface area contributed by atoms with Gasteiger partial charge in [0.1, 0.15) is 6.54 Å². The van der Waals surface area contributed by atoms with Crippen LogP contribution in [0.3, 0.4) is 0 Å². The molecule has 3 aromatic carbocycles. The first-order valence-electron chi connectivity index (χ1n) is 15.1. The lowest BCUT2D eigenvalue weighted by molar-refractivity contribution is -0.908. The van der Waals surface area contributed by atoms with Crippen molar-refractivity contribution in [3.05, 3.63) is 125 Å². The molecule has 0 spiro atoms. The van der Waals surface area contributed by atoms with Crippen LogP contribution in [-0.4, -0.2) is 61.9 Å². The number of hydrogen-bond acceptors (Lipinski definition) is 6. The van der Waals surface area contributed by atoms with Gasteiger partial charge >= 0.3 is 0 Å². The molecule has 1 atom stereocenters. The van der Waals surface area contributed by atoms with E-state index in [-0.39, 0.29) is 29.4 Å². The molecular formula is C37H37N6O3+. The third-order valence-corrected chi connectivity index (χ3v) is 7.88. The lowest BCUT2D eigenvalue weighted by Crippen LogP contribution is -2.51. The first kappa shape index (κ1) is 33.2. The number of nitrogens with zero attached hydrogens (tertiary/aromatic N) is 5. The molecule has 0 aliphatic carbocycles. The fourth-order valence-electron chi connectivity index (χ4n) is 5.45. The predicted molar refractivity (Wildman–Crippen MR) is 178 cm³/mol. The van der Waals surface area contributed by atoms with Gasteiger partial charge in [-0.1, -0.05) is 66.7 Å². The molecule has 0 aromatic heterocycles. The molecule has 0 radical (unpaired) electrons. The Kier molecular flexibility index (Phi) is 11.5. The molecule has 3 aromatic rings. The summed E-state index contributed by atoms with van der Waals surface area (Å²) in [6.07, 6.45) is 4.05. The van der Waals surface area contributed by atoms with E-state index in [1.165, 1.54) is 6.92 Å². The fraction of sp³-hybridized carbons (Fsp3) is 0.243. The van der Waals surface area contributed by atoms with E-state index in [0.717, 1.165) is 29.8 Å². The van der Waals surface area contributed by atoms with Crippen molar-refractivity contribution in [3.63, 3.8) is 0 Å². The van der Waals surface area contributed by atoms with Crippen LogP contribution in [0, 0.1) is 29.2 Å². The van der Waals surface area contributed by atoms with Crippen LogP contribution in [0.4, 0.5) is 5.69 Å². The van der Waals surface area contributed by atoms with Gasteiger partial charge < -0.3 is 24.5 Å². The summed E-state index contributed by atoms with van der Waals surface area (Å²) in [7, 11) is 2.07. The highest BCUT2D eigenvalue weighted by Gasteiger charge is 2.28. The molecule has 2 N–H and O–H groups in total. The number of quaternary nitrogens is 1. The molecule has 0 saturated carbocycles. The maximum Gasteiger partial charge on any atom is 0.270 e.